The Morgan fingerprint density at radius 3 is 3.08 bits per heavy atom. The Labute approximate surface area is 147 Å². The maximum absolute atomic E-state index is 5.25. The van der Waals surface area contributed by atoms with Gasteiger partial charge in [-0.25, -0.2) is 4.98 Å². The van der Waals surface area contributed by atoms with Gasteiger partial charge in [-0.3, -0.25) is 0 Å². The molecule has 0 amide bonds. The summed E-state index contributed by atoms with van der Waals surface area (Å²) in [6.07, 6.45) is 5.10. The van der Waals surface area contributed by atoms with Gasteiger partial charge in [-0.2, -0.15) is 14.6 Å². The Balaban J connectivity index is 1.76. The number of fused-ring (bicyclic) bond motifs is 2. The van der Waals surface area contributed by atoms with Crippen molar-refractivity contribution in [2.45, 2.75) is 38.8 Å². The number of hydrogen-bond donors (Lipinski definition) is 1. The first-order valence-corrected chi connectivity index (χ1v) is 8.79. The summed E-state index contributed by atoms with van der Waals surface area (Å²) in [6.45, 7) is 2.77. The van der Waals surface area contributed by atoms with Crippen LogP contribution in [0.1, 0.15) is 42.6 Å². The SMILES string of the molecule is COCc1cc(N[C@H]2c3ccccc3CCC[C@H]2C)n2ncnc2n1. The number of methoxy groups -OCH3 is 1. The summed E-state index contributed by atoms with van der Waals surface area (Å²) >= 11 is 0. The van der Waals surface area contributed by atoms with Gasteiger partial charge in [0.1, 0.15) is 12.1 Å². The van der Waals surface area contributed by atoms with Gasteiger partial charge in [-0.1, -0.05) is 31.2 Å². The van der Waals surface area contributed by atoms with Gasteiger partial charge in [-0.15, -0.1) is 0 Å². The lowest BCUT2D eigenvalue weighted by atomic mass is 9.92. The molecule has 1 aliphatic carbocycles. The van der Waals surface area contributed by atoms with Gasteiger partial charge in [0.15, 0.2) is 0 Å². The molecule has 6 nitrogen and oxygen atoms in total. The number of anilines is 1. The minimum absolute atomic E-state index is 0.240. The molecule has 1 N–H and O–H groups in total. The van der Waals surface area contributed by atoms with Crippen molar-refractivity contribution in [3.8, 4) is 0 Å². The van der Waals surface area contributed by atoms with Gasteiger partial charge in [0, 0.05) is 13.2 Å². The number of benzene rings is 1. The first kappa shape index (κ1) is 16.0. The minimum Gasteiger partial charge on any atom is -0.378 e. The average Bonchev–Trinajstić information content (AvgIpc) is 3.03. The molecule has 0 bridgehead atoms. The second-order valence-electron chi connectivity index (χ2n) is 6.73. The van der Waals surface area contributed by atoms with E-state index in [9.17, 15) is 0 Å². The van der Waals surface area contributed by atoms with Crippen LogP contribution < -0.4 is 5.32 Å². The van der Waals surface area contributed by atoms with Crippen LogP contribution in [0.25, 0.3) is 5.78 Å². The van der Waals surface area contributed by atoms with Crippen molar-refractivity contribution in [1.82, 2.24) is 19.6 Å². The van der Waals surface area contributed by atoms with Gasteiger partial charge in [0.2, 0.25) is 0 Å². The van der Waals surface area contributed by atoms with Gasteiger partial charge >= 0.3 is 0 Å². The van der Waals surface area contributed by atoms with Crippen molar-refractivity contribution >= 4 is 11.6 Å². The van der Waals surface area contributed by atoms with Crippen LogP contribution >= 0.6 is 0 Å². The highest BCUT2D eigenvalue weighted by atomic mass is 16.5. The van der Waals surface area contributed by atoms with Gasteiger partial charge < -0.3 is 10.1 Å². The quantitative estimate of drug-likeness (QED) is 0.739. The van der Waals surface area contributed by atoms with Crippen molar-refractivity contribution in [1.29, 1.82) is 0 Å². The Hall–Kier alpha value is -2.47. The average molecular weight is 337 g/mol. The number of aromatic nitrogens is 4. The first-order valence-electron chi connectivity index (χ1n) is 8.79. The molecule has 25 heavy (non-hydrogen) atoms. The predicted molar refractivity (Wildman–Crippen MR) is 96.4 cm³/mol. The van der Waals surface area contributed by atoms with E-state index in [-0.39, 0.29) is 6.04 Å². The van der Waals surface area contributed by atoms with E-state index in [0.717, 1.165) is 17.9 Å². The van der Waals surface area contributed by atoms with Gasteiger partial charge in [0.05, 0.1) is 18.3 Å². The third-order valence-electron chi connectivity index (χ3n) is 4.97. The molecule has 3 aromatic rings. The molecule has 2 aromatic heterocycles. The largest absolute Gasteiger partial charge is 0.378 e. The van der Waals surface area contributed by atoms with Crippen LogP contribution in [0.15, 0.2) is 36.7 Å². The van der Waals surface area contributed by atoms with Crippen molar-refractivity contribution in [2.24, 2.45) is 5.92 Å². The summed E-state index contributed by atoms with van der Waals surface area (Å²) in [4.78, 5) is 8.73. The van der Waals surface area contributed by atoms with E-state index in [1.165, 1.54) is 30.3 Å². The summed E-state index contributed by atoms with van der Waals surface area (Å²) in [6, 6.07) is 11.0. The molecule has 2 atom stereocenters. The fraction of sp³-hybridized carbons (Fsp3) is 0.421. The van der Waals surface area contributed by atoms with Gasteiger partial charge in [-0.05, 0) is 36.3 Å². The molecule has 0 spiro atoms. The zero-order valence-corrected chi connectivity index (χ0v) is 14.6. The monoisotopic (exact) mass is 337 g/mol. The maximum Gasteiger partial charge on any atom is 0.254 e. The summed E-state index contributed by atoms with van der Waals surface area (Å²) < 4.78 is 7.01. The lowest BCUT2D eigenvalue weighted by Gasteiger charge is -2.26. The van der Waals surface area contributed by atoms with Crippen LogP contribution in [-0.4, -0.2) is 26.7 Å². The lowest BCUT2D eigenvalue weighted by Crippen LogP contribution is -2.20. The molecule has 6 heteroatoms. The Kier molecular flexibility index (Phi) is 4.36. The molecule has 0 aliphatic heterocycles. The molecule has 0 unspecified atom stereocenters. The summed E-state index contributed by atoms with van der Waals surface area (Å²) in [7, 11) is 1.67. The number of aryl methyl sites for hydroxylation is 1. The highest BCUT2D eigenvalue weighted by Gasteiger charge is 2.25. The van der Waals surface area contributed by atoms with Crippen LogP contribution in [0, 0.1) is 5.92 Å². The van der Waals surface area contributed by atoms with E-state index in [0.29, 0.717) is 18.3 Å². The van der Waals surface area contributed by atoms with E-state index in [4.69, 9.17) is 4.74 Å². The van der Waals surface area contributed by atoms with Crippen LogP contribution in [0.2, 0.25) is 0 Å². The smallest absolute Gasteiger partial charge is 0.254 e. The Morgan fingerprint density at radius 1 is 1.32 bits per heavy atom. The van der Waals surface area contributed by atoms with Crippen LogP contribution in [0.5, 0.6) is 0 Å². The lowest BCUT2D eigenvalue weighted by molar-refractivity contribution is 0.181. The molecule has 0 saturated carbocycles. The van der Waals surface area contributed by atoms with Gasteiger partial charge in [0.25, 0.3) is 5.78 Å². The highest BCUT2D eigenvalue weighted by Crippen LogP contribution is 2.35. The van der Waals surface area contributed by atoms with E-state index in [1.807, 2.05) is 6.07 Å². The van der Waals surface area contributed by atoms with E-state index < -0.39 is 0 Å². The summed E-state index contributed by atoms with van der Waals surface area (Å²) in [5.74, 6) is 2.02. The van der Waals surface area contributed by atoms with Crippen molar-refractivity contribution in [3.05, 3.63) is 53.5 Å². The highest BCUT2D eigenvalue weighted by molar-refractivity contribution is 5.48. The van der Waals surface area contributed by atoms with Crippen molar-refractivity contribution in [2.75, 3.05) is 12.4 Å². The predicted octanol–water partition coefficient (Wildman–Crippen LogP) is 3.40. The third-order valence-corrected chi connectivity index (χ3v) is 4.97. The summed E-state index contributed by atoms with van der Waals surface area (Å²) in [5.41, 5.74) is 3.66. The fourth-order valence-electron chi connectivity index (χ4n) is 3.72. The molecule has 0 fully saturated rings. The number of ether oxygens (including phenoxy) is 1. The van der Waals surface area contributed by atoms with E-state index in [2.05, 4.69) is 51.6 Å². The molecule has 2 heterocycles. The van der Waals surface area contributed by atoms with Crippen LogP contribution in [0.4, 0.5) is 5.82 Å². The zero-order chi connectivity index (χ0) is 17.2. The molecular formula is C19H23N5O. The van der Waals surface area contributed by atoms with Crippen LogP contribution in [-0.2, 0) is 17.8 Å². The number of nitrogens with one attached hydrogen (secondary N) is 1. The molecule has 4 rings (SSSR count). The standard InChI is InChI=1S/C19H23N5O/c1-13-6-5-8-14-7-3-4-9-16(14)18(13)23-17-10-15(11-25-2)22-19-20-12-21-24(17)19/h3-4,7,9-10,12-13,18,23H,5-6,8,11H2,1-2H3/t13-,18-/m1/s1. The third kappa shape index (κ3) is 3.09. The van der Waals surface area contributed by atoms with Crippen molar-refractivity contribution in [3.63, 3.8) is 0 Å². The fourth-order valence-corrected chi connectivity index (χ4v) is 3.72. The summed E-state index contributed by atoms with van der Waals surface area (Å²) in [5, 5.41) is 8.05. The zero-order valence-electron chi connectivity index (χ0n) is 14.6. The molecule has 1 aromatic carbocycles. The number of rotatable bonds is 4. The Bertz CT molecular complexity index is 875. The Morgan fingerprint density at radius 2 is 2.20 bits per heavy atom. The number of hydrogen-bond acceptors (Lipinski definition) is 5. The topological polar surface area (TPSA) is 64.3 Å². The normalized spacial score (nSPS) is 20.2. The molecular weight excluding hydrogens is 314 g/mol. The molecule has 0 radical (unpaired) electrons. The molecule has 130 valence electrons. The molecule has 0 saturated heterocycles. The minimum atomic E-state index is 0.240. The number of nitrogens with zero attached hydrogens (tertiary/aromatic N) is 4. The van der Waals surface area contributed by atoms with Crippen LogP contribution in [0.3, 0.4) is 0 Å². The van der Waals surface area contributed by atoms with E-state index in [1.54, 1.807) is 11.6 Å². The second-order valence-corrected chi connectivity index (χ2v) is 6.73. The second kappa shape index (κ2) is 6.80. The first-order chi connectivity index (χ1) is 12.3. The molecule has 1 aliphatic rings. The van der Waals surface area contributed by atoms with Crippen molar-refractivity contribution < 1.29 is 4.74 Å². The maximum atomic E-state index is 5.25. The van der Waals surface area contributed by atoms with E-state index >= 15 is 0 Å².